The maximum absolute atomic E-state index is 13.3. The van der Waals surface area contributed by atoms with Gasteiger partial charge in [0.15, 0.2) is 5.16 Å². The standard InChI is InChI=1S/C24H19FN4O2S/c25-17-11-9-16(10-12-17)13-29-21-8-4-2-6-19(21)27-24(29)32-15-23(31)28-14-22(30)26-18-5-1-3-7-20(18)28/h1-12H,13-15H2,(H,26,30). The molecule has 160 valence electrons. The van der Waals surface area contributed by atoms with Crippen molar-refractivity contribution >= 4 is 46.0 Å². The lowest BCUT2D eigenvalue weighted by Crippen LogP contribution is -2.43. The predicted octanol–water partition coefficient (Wildman–Crippen LogP) is 4.30. The normalized spacial score (nSPS) is 13.2. The van der Waals surface area contributed by atoms with Gasteiger partial charge in [0, 0.05) is 0 Å². The van der Waals surface area contributed by atoms with Crippen molar-refractivity contribution in [2.45, 2.75) is 11.7 Å². The molecule has 1 aromatic heterocycles. The SMILES string of the molecule is O=C1CN(C(=O)CSc2nc3ccccc3n2Cc2ccc(F)cc2)c2ccccc2N1. The molecule has 0 bridgehead atoms. The zero-order valence-corrected chi connectivity index (χ0v) is 17.8. The van der Waals surface area contributed by atoms with Crippen LogP contribution in [-0.4, -0.2) is 33.7 Å². The Labute approximate surface area is 188 Å². The van der Waals surface area contributed by atoms with Gasteiger partial charge in [-0.25, -0.2) is 9.37 Å². The van der Waals surface area contributed by atoms with E-state index < -0.39 is 0 Å². The van der Waals surface area contributed by atoms with Gasteiger partial charge >= 0.3 is 0 Å². The van der Waals surface area contributed by atoms with Crippen molar-refractivity contribution in [3.8, 4) is 0 Å². The van der Waals surface area contributed by atoms with Crippen LogP contribution in [0.5, 0.6) is 0 Å². The molecule has 0 aliphatic carbocycles. The van der Waals surface area contributed by atoms with Crippen molar-refractivity contribution in [1.29, 1.82) is 0 Å². The maximum atomic E-state index is 13.3. The largest absolute Gasteiger partial charge is 0.323 e. The molecular weight excluding hydrogens is 427 g/mol. The topological polar surface area (TPSA) is 67.2 Å². The zero-order chi connectivity index (χ0) is 22.1. The molecule has 0 unspecified atom stereocenters. The lowest BCUT2D eigenvalue weighted by molar-refractivity contribution is -0.120. The number of carbonyl (C=O) groups excluding carboxylic acids is 2. The van der Waals surface area contributed by atoms with Gasteiger partial charge < -0.3 is 14.8 Å². The first-order chi connectivity index (χ1) is 15.6. The minimum Gasteiger partial charge on any atom is -0.323 e. The highest BCUT2D eigenvalue weighted by molar-refractivity contribution is 7.99. The summed E-state index contributed by atoms with van der Waals surface area (Å²) in [5.74, 6) is -0.535. The third-order valence-corrected chi connectivity index (χ3v) is 6.23. The van der Waals surface area contributed by atoms with E-state index in [2.05, 4.69) is 5.32 Å². The van der Waals surface area contributed by atoms with E-state index in [1.807, 2.05) is 47.0 Å². The summed E-state index contributed by atoms with van der Waals surface area (Å²) in [4.78, 5) is 31.3. The summed E-state index contributed by atoms with van der Waals surface area (Å²) >= 11 is 1.33. The summed E-state index contributed by atoms with van der Waals surface area (Å²) in [6, 6.07) is 21.4. The van der Waals surface area contributed by atoms with E-state index in [0.717, 1.165) is 16.6 Å². The smallest absolute Gasteiger partial charge is 0.244 e. The first kappa shape index (κ1) is 20.3. The van der Waals surface area contributed by atoms with Gasteiger partial charge in [-0.15, -0.1) is 0 Å². The minimum atomic E-state index is -0.282. The number of hydrogen-bond acceptors (Lipinski definition) is 4. The van der Waals surface area contributed by atoms with Crippen LogP contribution in [0.4, 0.5) is 15.8 Å². The number of amides is 2. The molecule has 0 fully saturated rings. The summed E-state index contributed by atoms with van der Waals surface area (Å²) in [7, 11) is 0. The summed E-state index contributed by atoms with van der Waals surface area (Å²) in [5.41, 5.74) is 4.02. The second-order valence-electron chi connectivity index (χ2n) is 7.43. The number of halogens is 1. The number of aromatic nitrogens is 2. The maximum Gasteiger partial charge on any atom is 0.244 e. The van der Waals surface area contributed by atoms with E-state index in [9.17, 15) is 14.0 Å². The average molecular weight is 447 g/mol. The van der Waals surface area contributed by atoms with Crippen LogP contribution in [0.25, 0.3) is 11.0 Å². The Morgan fingerprint density at radius 2 is 1.78 bits per heavy atom. The Morgan fingerprint density at radius 3 is 2.62 bits per heavy atom. The van der Waals surface area contributed by atoms with Crippen LogP contribution in [0.3, 0.4) is 0 Å². The number of imidazole rings is 1. The first-order valence-corrected chi connectivity index (χ1v) is 11.1. The van der Waals surface area contributed by atoms with E-state index in [4.69, 9.17) is 4.98 Å². The van der Waals surface area contributed by atoms with Crippen LogP contribution >= 0.6 is 11.8 Å². The van der Waals surface area contributed by atoms with Crippen molar-refractivity contribution < 1.29 is 14.0 Å². The number of hydrogen-bond donors (Lipinski definition) is 1. The molecule has 0 atom stereocenters. The van der Waals surface area contributed by atoms with Gasteiger partial charge in [-0.05, 0) is 42.0 Å². The van der Waals surface area contributed by atoms with Crippen molar-refractivity contribution in [2.75, 3.05) is 22.5 Å². The molecule has 8 heteroatoms. The predicted molar refractivity (Wildman–Crippen MR) is 123 cm³/mol. The fraction of sp³-hybridized carbons (Fsp3) is 0.125. The molecule has 0 saturated carbocycles. The Kier molecular flexibility index (Phi) is 5.36. The van der Waals surface area contributed by atoms with Crippen molar-refractivity contribution in [1.82, 2.24) is 9.55 Å². The first-order valence-electron chi connectivity index (χ1n) is 10.1. The molecule has 0 spiro atoms. The molecule has 3 aromatic carbocycles. The van der Waals surface area contributed by atoms with Gasteiger partial charge in [0.2, 0.25) is 11.8 Å². The number of carbonyl (C=O) groups is 2. The number of fused-ring (bicyclic) bond motifs is 2. The van der Waals surface area contributed by atoms with Crippen LogP contribution in [0.15, 0.2) is 78.0 Å². The van der Waals surface area contributed by atoms with E-state index in [0.29, 0.717) is 23.1 Å². The zero-order valence-electron chi connectivity index (χ0n) is 17.0. The van der Waals surface area contributed by atoms with Crippen LogP contribution in [0.2, 0.25) is 0 Å². The lowest BCUT2D eigenvalue weighted by atomic mass is 10.2. The highest BCUT2D eigenvalue weighted by Gasteiger charge is 2.27. The van der Waals surface area contributed by atoms with E-state index in [-0.39, 0.29) is 29.9 Å². The summed E-state index contributed by atoms with van der Waals surface area (Å²) in [6.45, 7) is 0.495. The average Bonchev–Trinajstić information content (AvgIpc) is 3.15. The monoisotopic (exact) mass is 446 g/mol. The van der Waals surface area contributed by atoms with Gasteiger partial charge in [-0.2, -0.15) is 0 Å². The molecule has 0 radical (unpaired) electrons. The molecule has 0 saturated heterocycles. The molecule has 4 aromatic rings. The van der Waals surface area contributed by atoms with Crippen LogP contribution in [-0.2, 0) is 16.1 Å². The van der Waals surface area contributed by atoms with Crippen LogP contribution in [0.1, 0.15) is 5.56 Å². The number of nitrogens with one attached hydrogen (secondary N) is 1. The molecule has 5 rings (SSSR count). The van der Waals surface area contributed by atoms with E-state index >= 15 is 0 Å². The molecule has 6 nitrogen and oxygen atoms in total. The molecule has 32 heavy (non-hydrogen) atoms. The Bertz CT molecular complexity index is 1320. The fourth-order valence-electron chi connectivity index (χ4n) is 3.75. The third kappa shape index (κ3) is 3.97. The van der Waals surface area contributed by atoms with Crippen molar-refractivity contribution in [2.24, 2.45) is 0 Å². The van der Waals surface area contributed by atoms with Crippen LogP contribution < -0.4 is 10.2 Å². The molecule has 1 aliphatic heterocycles. The van der Waals surface area contributed by atoms with Gasteiger partial charge in [-0.3, -0.25) is 9.59 Å². The molecule has 2 heterocycles. The van der Waals surface area contributed by atoms with Gasteiger partial charge in [0.1, 0.15) is 12.4 Å². The lowest BCUT2D eigenvalue weighted by Gasteiger charge is -2.29. The highest BCUT2D eigenvalue weighted by atomic mass is 32.2. The second kappa shape index (κ2) is 8.47. The summed E-state index contributed by atoms with van der Waals surface area (Å²) in [6.07, 6.45) is 0. The number of benzene rings is 3. The second-order valence-corrected chi connectivity index (χ2v) is 8.37. The van der Waals surface area contributed by atoms with E-state index in [1.165, 1.54) is 28.8 Å². The Balaban J connectivity index is 1.40. The number of thioether (sulfide) groups is 1. The number of nitrogens with zero attached hydrogens (tertiary/aromatic N) is 3. The van der Waals surface area contributed by atoms with Crippen molar-refractivity contribution in [3.05, 3.63) is 84.2 Å². The third-order valence-electron chi connectivity index (χ3n) is 5.27. The molecule has 1 aliphatic rings. The Hall–Kier alpha value is -3.65. The highest BCUT2D eigenvalue weighted by Crippen LogP contribution is 2.31. The van der Waals surface area contributed by atoms with Gasteiger partial charge in [0.25, 0.3) is 0 Å². The fourth-order valence-corrected chi connectivity index (χ4v) is 4.64. The van der Waals surface area contributed by atoms with Crippen LogP contribution in [0, 0.1) is 5.82 Å². The quantitative estimate of drug-likeness (QED) is 0.464. The molecule has 2 amide bonds. The molecule has 1 N–H and O–H groups in total. The molecular formula is C24H19FN4O2S. The number of rotatable bonds is 5. The Morgan fingerprint density at radius 1 is 1.03 bits per heavy atom. The van der Waals surface area contributed by atoms with Crippen molar-refractivity contribution in [3.63, 3.8) is 0 Å². The van der Waals surface area contributed by atoms with Gasteiger partial charge in [0.05, 0.1) is 34.7 Å². The summed E-state index contributed by atoms with van der Waals surface area (Å²) in [5, 5.41) is 3.49. The van der Waals surface area contributed by atoms with E-state index in [1.54, 1.807) is 18.2 Å². The number of para-hydroxylation sites is 4. The van der Waals surface area contributed by atoms with Gasteiger partial charge in [-0.1, -0.05) is 48.2 Å². The number of anilines is 2. The summed E-state index contributed by atoms with van der Waals surface area (Å²) < 4.78 is 15.3. The minimum absolute atomic E-state index is 0.0115.